The Hall–Kier alpha value is -3.16. The van der Waals surface area contributed by atoms with Crippen molar-refractivity contribution < 1.29 is 19.1 Å². The highest BCUT2D eigenvalue weighted by Gasteiger charge is 2.25. The summed E-state index contributed by atoms with van der Waals surface area (Å²) >= 11 is 1.63. The number of thiophene rings is 1. The van der Waals surface area contributed by atoms with Crippen LogP contribution in [0.3, 0.4) is 0 Å². The van der Waals surface area contributed by atoms with E-state index in [0.717, 1.165) is 33.7 Å². The van der Waals surface area contributed by atoms with Gasteiger partial charge in [-0.05, 0) is 53.6 Å². The number of benzene rings is 2. The number of nitrogens with zero attached hydrogens (tertiary/aromatic N) is 1. The molecule has 0 saturated heterocycles. The topological polar surface area (TPSA) is 67.9 Å². The molecular weight excluding hydrogens is 424 g/mol. The van der Waals surface area contributed by atoms with E-state index in [4.69, 9.17) is 4.74 Å². The van der Waals surface area contributed by atoms with Gasteiger partial charge in [-0.3, -0.25) is 4.79 Å². The Morgan fingerprint density at radius 3 is 2.84 bits per heavy atom. The first-order valence-corrected chi connectivity index (χ1v) is 11.5. The number of carbonyl (C=O) groups excluding carboxylic acids is 2. The van der Waals surface area contributed by atoms with Gasteiger partial charge in [0.15, 0.2) is 0 Å². The molecule has 1 aliphatic heterocycles. The number of anilines is 1. The van der Waals surface area contributed by atoms with Crippen LogP contribution in [-0.2, 0) is 22.5 Å². The van der Waals surface area contributed by atoms with Crippen LogP contribution in [0.1, 0.15) is 38.9 Å². The van der Waals surface area contributed by atoms with Gasteiger partial charge in [-0.15, -0.1) is 11.3 Å². The van der Waals surface area contributed by atoms with E-state index in [1.165, 1.54) is 7.11 Å². The van der Waals surface area contributed by atoms with Gasteiger partial charge in [-0.1, -0.05) is 36.4 Å². The third-order valence-corrected chi connectivity index (χ3v) is 6.46. The van der Waals surface area contributed by atoms with E-state index < -0.39 is 6.09 Å². The Bertz CT molecular complexity index is 1070. The maximum absolute atomic E-state index is 13.0. The number of nitrogens with one attached hydrogen (secondary N) is 1. The van der Waals surface area contributed by atoms with E-state index in [2.05, 4.69) is 10.1 Å². The standard InChI is InChI=1S/C25H26N2O4S/c1-30-25(29)26-13-11-22(23-10-5-15-32-23)31-17-18-6-4-8-20(16-18)27-14-12-19-7-2-3-9-21(19)24(27)28/h2-10,15-16,22H,11-14,17H2,1H3,(H,26,29). The first-order chi connectivity index (χ1) is 15.7. The van der Waals surface area contributed by atoms with Crippen molar-refractivity contribution in [2.75, 3.05) is 25.1 Å². The highest BCUT2D eigenvalue weighted by Crippen LogP contribution is 2.28. The van der Waals surface area contributed by atoms with Gasteiger partial charge in [-0.2, -0.15) is 0 Å². The summed E-state index contributed by atoms with van der Waals surface area (Å²) in [7, 11) is 1.35. The highest BCUT2D eigenvalue weighted by molar-refractivity contribution is 7.10. The number of ether oxygens (including phenoxy) is 2. The zero-order valence-corrected chi connectivity index (χ0v) is 18.8. The van der Waals surface area contributed by atoms with Crippen LogP contribution in [0.4, 0.5) is 10.5 Å². The zero-order valence-electron chi connectivity index (χ0n) is 18.0. The first-order valence-electron chi connectivity index (χ1n) is 10.6. The molecule has 1 aromatic heterocycles. The van der Waals surface area contributed by atoms with Crippen molar-refractivity contribution in [3.05, 3.63) is 87.6 Å². The van der Waals surface area contributed by atoms with E-state index in [-0.39, 0.29) is 12.0 Å². The van der Waals surface area contributed by atoms with Gasteiger partial charge >= 0.3 is 6.09 Å². The smallest absolute Gasteiger partial charge is 0.406 e. The fraction of sp³-hybridized carbons (Fsp3) is 0.280. The lowest BCUT2D eigenvalue weighted by Crippen LogP contribution is -2.37. The summed E-state index contributed by atoms with van der Waals surface area (Å²) in [6, 6.07) is 19.8. The van der Waals surface area contributed by atoms with Gasteiger partial charge in [0, 0.05) is 29.2 Å². The Labute approximate surface area is 191 Å². The summed E-state index contributed by atoms with van der Waals surface area (Å²) in [4.78, 5) is 27.3. The molecule has 0 radical (unpaired) electrons. The number of methoxy groups -OCH3 is 1. The number of carbonyl (C=O) groups is 2. The van der Waals surface area contributed by atoms with E-state index >= 15 is 0 Å². The van der Waals surface area contributed by atoms with Crippen LogP contribution in [0.5, 0.6) is 0 Å². The SMILES string of the molecule is COC(=O)NCCC(OCc1cccc(N2CCc3ccccc3C2=O)c1)c1cccs1. The maximum atomic E-state index is 13.0. The molecule has 0 fully saturated rings. The number of alkyl carbamates (subject to hydrolysis) is 1. The molecule has 1 unspecified atom stereocenters. The van der Waals surface area contributed by atoms with Gasteiger partial charge in [0.05, 0.1) is 19.8 Å². The zero-order chi connectivity index (χ0) is 22.3. The van der Waals surface area contributed by atoms with Crippen LogP contribution in [-0.4, -0.2) is 32.2 Å². The highest BCUT2D eigenvalue weighted by atomic mass is 32.1. The van der Waals surface area contributed by atoms with Crippen molar-refractivity contribution in [1.82, 2.24) is 5.32 Å². The Morgan fingerprint density at radius 1 is 1.16 bits per heavy atom. The lowest BCUT2D eigenvalue weighted by Gasteiger charge is -2.29. The lowest BCUT2D eigenvalue weighted by molar-refractivity contribution is 0.0364. The van der Waals surface area contributed by atoms with Gasteiger partial charge in [0.25, 0.3) is 5.91 Å². The molecule has 1 atom stereocenters. The first kappa shape index (κ1) is 22.0. The van der Waals surface area contributed by atoms with Crippen molar-refractivity contribution >= 4 is 29.0 Å². The minimum Gasteiger partial charge on any atom is -0.453 e. The molecule has 6 nitrogen and oxygen atoms in total. The fourth-order valence-corrected chi connectivity index (χ4v) is 4.65. The normalized spacial score (nSPS) is 14.0. The number of rotatable bonds is 8. The molecule has 0 spiro atoms. The molecule has 1 N–H and O–H groups in total. The van der Waals surface area contributed by atoms with Gasteiger partial charge in [0.2, 0.25) is 0 Å². The molecule has 0 bridgehead atoms. The minimum atomic E-state index is -0.449. The van der Waals surface area contributed by atoms with Crippen LogP contribution in [0.15, 0.2) is 66.0 Å². The van der Waals surface area contributed by atoms with Gasteiger partial charge < -0.3 is 19.7 Å². The minimum absolute atomic E-state index is 0.0373. The van der Waals surface area contributed by atoms with Crippen LogP contribution < -0.4 is 10.2 Å². The van der Waals surface area contributed by atoms with E-state index in [9.17, 15) is 9.59 Å². The molecule has 2 amide bonds. The summed E-state index contributed by atoms with van der Waals surface area (Å²) < 4.78 is 10.9. The predicted molar refractivity (Wildman–Crippen MR) is 125 cm³/mol. The van der Waals surface area contributed by atoms with Crippen molar-refractivity contribution in [2.45, 2.75) is 25.6 Å². The summed E-state index contributed by atoms with van der Waals surface area (Å²) in [6.07, 6.45) is 0.891. The second-order valence-corrected chi connectivity index (χ2v) is 8.54. The molecule has 2 aromatic carbocycles. The Morgan fingerprint density at radius 2 is 2.03 bits per heavy atom. The molecule has 32 heavy (non-hydrogen) atoms. The quantitative estimate of drug-likeness (QED) is 0.527. The number of fused-ring (bicyclic) bond motifs is 1. The largest absolute Gasteiger partial charge is 0.453 e. The monoisotopic (exact) mass is 450 g/mol. The second kappa shape index (κ2) is 10.4. The van der Waals surface area contributed by atoms with E-state index in [1.807, 2.05) is 70.9 Å². The van der Waals surface area contributed by atoms with Crippen LogP contribution in [0.2, 0.25) is 0 Å². The van der Waals surface area contributed by atoms with Crippen molar-refractivity contribution in [2.24, 2.45) is 0 Å². The molecule has 7 heteroatoms. The third kappa shape index (κ3) is 5.18. The molecule has 1 aliphatic rings. The second-order valence-electron chi connectivity index (χ2n) is 7.56. The molecular formula is C25H26N2O4S. The number of hydrogen-bond acceptors (Lipinski definition) is 5. The third-order valence-electron chi connectivity index (χ3n) is 5.49. The molecule has 2 heterocycles. The average Bonchev–Trinajstić information content (AvgIpc) is 3.36. The summed E-state index contributed by atoms with van der Waals surface area (Å²) in [5, 5.41) is 4.72. The van der Waals surface area contributed by atoms with E-state index in [0.29, 0.717) is 26.1 Å². The van der Waals surface area contributed by atoms with Crippen LogP contribution in [0.25, 0.3) is 0 Å². The van der Waals surface area contributed by atoms with Crippen molar-refractivity contribution in [3.8, 4) is 0 Å². The average molecular weight is 451 g/mol. The lowest BCUT2D eigenvalue weighted by atomic mass is 9.98. The van der Waals surface area contributed by atoms with E-state index in [1.54, 1.807) is 11.3 Å². The number of amides is 2. The Balaban J connectivity index is 1.43. The van der Waals surface area contributed by atoms with Crippen LogP contribution >= 0.6 is 11.3 Å². The number of hydrogen-bond donors (Lipinski definition) is 1. The maximum Gasteiger partial charge on any atom is 0.406 e. The molecule has 0 saturated carbocycles. The van der Waals surface area contributed by atoms with Gasteiger partial charge in [0.1, 0.15) is 0 Å². The Kier molecular flexibility index (Phi) is 7.19. The molecule has 166 valence electrons. The molecule has 3 aromatic rings. The predicted octanol–water partition coefficient (Wildman–Crippen LogP) is 4.96. The summed E-state index contributed by atoms with van der Waals surface area (Å²) in [5.41, 5.74) is 3.76. The van der Waals surface area contributed by atoms with Gasteiger partial charge in [-0.25, -0.2) is 4.79 Å². The molecule has 4 rings (SSSR count). The van der Waals surface area contributed by atoms with Crippen molar-refractivity contribution in [1.29, 1.82) is 0 Å². The fourth-order valence-electron chi connectivity index (χ4n) is 3.84. The van der Waals surface area contributed by atoms with Crippen LogP contribution in [0, 0.1) is 0 Å². The van der Waals surface area contributed by atoms with Crippen molar-refractivity contribution in [3.63, 3.8) is 0 Å². The summed E-state index contributed by atoms with van der Waals surface area (Å²) in [5.74, 6) is 0.0373. The molecule has 0 aliphatic carbocycles. The summed E-state index contributed by atoms with van der Waals surface area (Å²) in [6.45, 7) is 1.53.